The van der Waals surface area contributed by atoms with Crippen LogP contribution in [0.3, 0.4) is 0 Å². The fourth-order valence-corrected chi connectivity index (χ4v) is 1.81. The van der Waals surface area contributed by atoms with Crippen molar-refractivity contribution in [3.63, 3.8) is 0 Å². The van der Waals surface area contributed by atoms with Crippen LogP contribution in [0.25, 0.3) is 0 Å². The number of hydrogen-bond acceptors (Lipinski definition) is 5. The van der Waals surface area contributed by atoms with Gasteiger partial charge in [0.05, 0.1) is 32.5 Å². The minimum atomic E-state index is -0.532. The molecule has 6 heteroatoms. The number of ether oxygens (including phenoxy) is 2. The van der Waals surface area contributed by atoms with Crippen LogP contribution in [0, 0.1) is 0 Å². The van der Waals surface area contributed by atoms with Gasteiger partial charge in [0, 0.05) is 18.2 Å². The highest BCUT2D eigenvalue weighted by Gasteiger charge is 2.04. The van der Waals surface area contributed by atoms with Gasteiger partial charge < -0.3 is 25.0 Å². The lowest BCUT2D eigenvalue weighted by Gasteiger charge is -2.12. The van der Waals surface area contributed by atoms with E-state index in [-0.39, 0.29) is 13.2 Å². The molecule has 0 amide bonds. The predicted molar refractivity (Wildman–Crippen MR) is 82.5 cm³/mol. The van der Waals surface area contributed by atoms with E-state index in [0.717, 1.165) is 18.5 Å². The maximum Gasteiger partial charge on any atom is 0.0897 e. The van der Waals surface area contributed by atoms with E-state index in [0.29, 0.717) is 31.4 Å². The normalized spacial score (nSPS) is 12.5. The zero-order valence-electron chi connectivity index (χ0n) is 12.1. The van der Waals surface area contributed by atoms with Crippen molar-refractivity contribution < 1.29 is 19.7 Å². The van der Waals surface area contributed by atoms with Crippen LogP contribution in [0.5, 0.6) is 0 Å². The van der Waals surface area contributed by atoms with E-state index in [4.69, 9.17) is 26.2 Å². The van der Waals surface area contributed by atoms with Crippen molar-refractivity contribution in [2.75, 3.05) is 39.5 Å². The van der Waals surface area contributed by atoms with Crippen LogP contribution in [0.1, 0.15) is 12.0 Å². The Balaban J connectivity index is 1.96. The summed E-state index contributed by atoms with van der Waals surface area (Å²) < 4.78 is 10.6. The molecule has 1 aromatic rings. The zero-order chi connectivity index (χ0) is 15.3. The van der Waals surface area contributed by atoms with E-state index in [1.54, 1.807) is 0 Å². The summed E-state index contributed by atoms with van der Waals surface area (Å²) in [5, 5.41) is 22.1. The van der Waals surface area contributed by atoms with E-state index < -0.39 is 6.10 Å². The topological polar surface area (TPSA) is 71.0 Å². The van der Waals surface area contributed by atoms with Crippen LogP contribution in [-0.2, 0) is 16.1 Å². The van der Waals surface area contributed by atoms with Gasteiger partial charge in [0.2, 0.25) is 0 Å². The van der Waals surface area contributed by atoms with Gasteiger partial charge in [-0.3, -0.25) is 0 Å². The quantitative estimate of drug-likeness (QED) is 0.505. The number of aliphatic hydroxyl groups is 2. The van der Waals surface area contributed by atoms with Gasteiger partial charge in [-0.05, 0) is 30.7 Å². The van der Waals surface area contributed by atoms with Crippen LogP contribution >= 0.6 is 11.6 Å². The van der Waals surface area contributed by atoms with Crippen molar-refractivity contribution in [3.05, 3.63) is 34.9 Å². The Hall–Kier alpha value is -0.690. The summed E-state index contributed by atoms with van der Waals surface area (Å²) in [5.41, 5.74) is 1.03. The van der Waals surface area contributed by atoms with Crippen LogP contribution in [0.2, 0.25) is 5.02 Å². The summed E-state index contributed by atoms with van der Waals surface area (Å²) in [6, 6.07) is 7.44. The van der Waals surface area contributed by atoms with E-state index in [2.05, 4.69) is 5.32 Å². The third-order valence-corrected chi connectivity index (χ3v) is 3.00. The lowest BCUT2D eigenvalue weighted by atomic mass is 10.2. The third-order valence-electron chi connectivity index (χ3n) is 2.75. The SMILES string of the molecule is OCCOCCCNCC(O)COCc1ccc(Cl)cc1. The molecule has 5 nitrogen and oxygen atoms in total. The molecule has 0 radical (unpaired) electrons. The highest BCUT2D eigenvalue weighted by molar-refractivity contribution is 6.30. The average Bonchev–Trinajstić information content (AvgIpc) is 2.48. The van der Waals surface area contributed by atoms with Crippen molar-refractivity contribution in [2.24, 2.45) is 0 Å². The van der Waals surface area contributed by atoms with Gasteiger partial charge in [-0.15, -0.1) is 0 Å². The average molecular weight is 318 g/mol. The van der Waals surface area contributed by atoms with Crippen molar-refractivity contribution >= 4 is 11.6 Å². The Morgan fingerprint density at radius 3 is 2.62 bits per heavy atom. The molecule has 0 aliphatic rings. The summed E-state index contributed by atoms with van der Waals surface area (Å²) in [5.74, 6) is 0. The second-order valence-corrected chi connectivity index (χ2v) is 5.13. The number of aliphatic hydroxyl groups excluding tert-OH is 2. The fourth-order valence-electron chi connectivity index (χ4n) is 1.69. The molecule has 1 rings (SSSR count). The number of nitrogens with one attached hydrogen (secondary N) is 1. The number of hydrogen-bond donors (Lipinski definition) is 3. The Bertz CT molecular complexity index is 361. The second kappa shape index (κ2) is 11.9. The fraction of sp³-hybridized carbons (Fsp3) is 0.600. The van der Waals surface area contributed by atoms with Crippen LogP contribution in [0.4, 0.5) is 0 Å². The molecular formula is C15H24ClNO4. The second-order valence-electron chi connectivity index (χ2n) is 4.69. The highest BCUT2D eigenvalue weighted by atomic mass is 35.5. The van der Waals surface area contributed by atoms with E-state index in [1.165, 1.54) is 0 Å². The first-order chi connectivity index (χ1) is 10.2. The van der Waals surface area contributed by atoms with Gasteiger partial charge in [-0.1, -0.05) is 23.7 Å². The molecule has 0 spiro atoms. The molecule has 0 bridgehead atoms. The Kier molecular flexibility index (Phi) is 10.4. The minimum absolute atomic E-state index is 0.0527. The summed E-state index contributed by atoms with van der Waals surface area (Å²) in [4.78, 5) is 0. The molecular weight excluding hydrogens is 294 g/mol. The minimum Gasteiger partial charge on any atom is -0.394 e. The summed E-state index contributed by atoms with van der Waals surface area (Å²) in [7, 11) is 0. The van der Waals surface area contributed by atoms with Crippen molar-refractivity contribution in [1.82, 2.24) is 5.32 Å². The largest absolute Gasteiger partial charge is 0.394 e. The number of halogens is 1. The molecule has 0 heterocycles. The van der Waals surface area contributed by atoms with Crippen LogP contribution < -0.4 is 5.32 Å². The molecule has 3 N–H and O–H groups in total. The molecule has 1 unspecified atom stereocenters. The van der Waals surface area contributed by atoms with Gasteiger partial charge in [0.25, 0.3) is 0 Å². The highest BCUT2D eigenvalue weighted by Crippen LogP contribution is 2.10. The zero-order valence-corrected chi connectivity index (χ0v) is 12.9. The number of rotatable bonds is 12. The molecule has 0 saturated heterocycles. The van der Waals surface area contributed by atoms with Crippen molar-refractivity contribution in [1.29, 1.82) is 0 Å². The smallest absolute Gasteiger partial charge is 0.0897 e. The summed E-state index contributed by atoms with van der Waals surface area (Å²) in [6.45, 7) is 3.04. The molecule has 1 aromatic carbocycles. The molecule has 1 atom stereocenters. The molecule has 0 aliphatic heterocycles. The first kappa shape index (κ1) is 18.4. The van der Waals surface area contributed by atoms with Crippen LogP contribution in [-0.4, -0.2) is 55.8 Å². The van der Waals surface area contributed by atoms with Gasteiger partial charge in [-0.2, -0.15) is 0 Å². The summed E-state index contributed by atoms with van der Waals surface area (Å²) in [6.07, 6.45) is 0.314. The standard InChI is InChI=1S/C15H24ClNO4/c16-14-4-2-13(3-5-14)11-21-12-15(19)10-17-6-1-8-20-9-7-18/h2-5,15,17-19H,1,6-12H2. The molecule has 0 aromatic heterocycles. The van der Waals surface area contributed by atoms with Gasteiger partial charge in [0.15, 0.2) is 0 Å². The monoisotopic (exact) mass is 317 g/mol. The first-order valence-electron chi connectivity index (χ1n) is 7.12. The Morgan fingerprint density at radius 2 is 1.90 bits per heavy atom. The molecule has 0 fully saturated rings. The van der Waals surface area contributed by atoms with Gasteiger partial charge in [0.1, 0.15) is 0 Å². The van der Waals surface area contributed by atoms with Crippen molar-refractivity contribution in [3.8, 4) is 0 Å². The van der Waals surface area contributed by atoms with Gasteiger partial charge in [-0.25, -0.2) is 0 Å². The lowest BCUT2D eigenvalue weighted by Crippen LogP contribution is -2.31. The van der Waals surface area contributed by atoms with E-state index in [1.807, 2.05) is 24.3 Å². The van der Waals surface area contributed by atoms with Gasteiger partial charge >= 0.3 is 0 Å². The number of benzene rings is 1. The molecule has 21 heavy (non-hydrogen) atoms. The predicted octanol–water partition coefficient (Wildman–Crippen LogP) is 1.21. The summed E-state index contributed by atoms with van der Waals surface area (Å²) >= 11 is 5.80. The Labute approximate surface area is 130 Å². The molecule has 120 valence electrons. The van der Waals surface area contributed by atoms with Crippen LogP contribution in [0.15, 0.2) is 24.3 Å². The Morgan fingerprint density at radius 1 is 1.14 bits per heavy atom. The molecule has 0 aliphatic carbocycles. The van der Waals surface area contributed by atoms with E-state index >= 15 is 0 Å². The van der Waals surface area contributed by atoms with Crippen molar-refractivity contribution in [2.45, 2.75) is 19.1 Å². The molecule has 0 saturated carbocycles. The first-order valence-corrected chi connectivity index (χ1v) is 7.49. The maximum absolute atomic E-state index is 9.74. The third kappa shape index (κ3) is 9.79. The maximum atomic E-state index is 9.74. The lowest BCUT2D eigenvalue weighted by molar-refractivity contribution is 0.0285. The van der Waals surface area contributed by atoms with E-state index in [9.17, 15) is 5.11 Å².